The molecule has 0 radical (unpaired) electrons. The molecule has 1 heterocycles. The van der Waals surface area contributed by atoms with Crippen LogP contribution >= 0.6 is 0 Å². The summed E-state index contributed by atoms with van der Waals surface area (Å²) in [4.78, 5) is 32.2. The summed E-state index contributed by atoms with van der Waals surface area (Å²) < 4.78 is 37.2. The molecule has 9 nitrogen and oxygen atoms in total. The Labute approximate surface area is 145 Å². The molecule has 0 aliphatic carbocycles. The Hall–Kier alpha value is -2.92. The Kier molecular flexibility index (Phi) is 5.63. The number of rotatable bonds is 5. The molecule has 0 aromatic heterocycles. The molecule has 142 valence electrons. The SMILES string of the molecule is O=C(N1CCC(CNc2ccc([N+](=O)[O-])cc2[N+](=O)[O-])CC1)C(F)(F)F. The van der Waals surface area contributed by atoms with E-state index in [4.69, 9.17) is 0 Å². The number of nitro benzene ring substituents is 2. The number of nitrogens with zero attached hydrogens (tertiary/aromatic N) is 3. The van der Waals surface area contributed by atoms with Crippen molar-refractivity contribution in [3.63, 3.8) is 0 Å². The van der Waals surface area contributed by atoms with E-state index in [-0.39, 0.29) is 31.2 Å². The number of nitrogens with one attached hydrogen (secondary N) is 1. The largest absolute Gasteiger partial charge is 0.471 e. The molecule has 1 aromatic carbocycles. The minimum absolute atomic E-state index is 0.0486. The van der Waals surface area contributed by atoms with Gasteiger partial charge in [-0.25, -0.2) is 0 Å². The van der Waals surface area contributed by atoms with Gasteiger partial charge in [-0.05, 0) is 24.8 Å². The molecule has 1 aliphatic heterocycles. The van der Waals surface area contributed by atoms with Gasteiger partial charge in [-0.2, -0.15) is 13.2 Å². The van der Waals surface area contributed by atoms with E-state index in [1.807, 2.05) is 0 Å². The van der Waals surface area contributed by atoms with Crippen LogP contribution in [0.2, 0.25) is 0 Å². The van der Waals surface area contributed by atoms with Crippen molar-refractivity contribution < 1.29 is 27.8 Å². The quantitative estimate of drug-likeness (QED) is 0.623. The van der Waals surface area contributed by atoms with Gasteiger partial charge in [0.25, 0.3) is 11.4 Å². The van der Waals surface area contributed by atoms with Crippen molar-refractivity contribution in [1.29, 1.82) is 0 Å². The number of carbonyl (C=O) groups is 1. The van der Waals surface area contributed by atoms with Crippen molar-refractivity contribution in [2.45, 2.75) is 19.0 Å². The van der Waals surface area contributed by atoms with Crippen LogP contribution in [0.25, 0.3) is 0 Å². The number of nitro groups is 2. The predicted molar refractivity (Wildman–Crippen MR) is 83.6 cm³/mol. The zero-order chi connectivity index (χ0) is 19.5. The second-order valence-corrected chi connectivity index (χ2v) is 5.83. The lowest BCUT2D eigenvalue weighted by molar-refractivity contribution is -0.393. The molecular weight excluding hydrogens is 361 g/mol. The average molecular weight is 376 g/mol. The molecule has 0 bridgehead atoms. The predicted octanol–water partition coefficient (Wildman–Crippen LogP) is 2.72. The van der Waals surface area contributed by atoms with Gasteiger partial charge in [0.15, 0.2) is 0 Å². The van der Waals surface area contributed by atoms with E-state index < -0.39 is 33.3 Å². The fourth-order valence-corrected chi connectivity index (χ4v) is 2.71. The van der Waals surface area contributed by atoms with Crippen LogP contribution < -0.4 is 5.32 Å². The van der Waals surface area contributed by atoms with Crippen LogP contribution in [-0.2, 0) is 4.79 Å². The summed E-state index contributed by atoms with van der Waals surface area (Å²) in [5.74, 6) is -1.95. The molecule has 1 saturated heterocycles. The first-order chi connectivity index (χ1) is 12.1. The third kappa shape index (κ3) is 4.58. The number of likely N-dealkylation sites (tertiary alicyclic amines) is 1. The second-order valence-electron chi connectivity index (χ2n) is 5.83. The van der Waals surface area contributed by atoms with E-state index in [1.165, 1.54) is 6.07 Å². The van der Waals surface area contributed by atoms with Gasteiger partial charge in [0.1, 0.15) is 5.69 Å². The van der Waals surface area contributed by atoms with Crippen LogP contribution in [0.5, 0.6) is 0 Å². The number of benzene rings is 1. The molecule has 26 heavy (non-hydrogen) atoms. The first-order valence-electron chi connectivity index (χ1n) is 7.62. The molecule has 12 heteroatoms. The maximum Gasteiger partial charge on any atom is 0.471 e. The topological polar surface area (TPSA) is 119 Å². The van der Waals surface area contributed by atoms with E-state index in [1.54, 1.807) is 0 Å². The van der Waals surface area contributed by atoms with E-state index in [0.29, 0.717) is 12.8 Å². The summed E-state index contributed by atoms with van der Waals surface area (Å²) in [6.07, 6.45) is -4.27. The first kappa shape index (κ1) is 19.4. The number of amides is 1. The molecule has 0 spiro atoms. The van der Waals surface area contributed by atoms with Gasteiger partial charge >= 0.3 is 12.1 Å². The van der Waals surface area contributed by atoms with Gasteiger partial charge in [-0.3, -0.25) is 25.0 Å². The van der Waals surface area contributed by atoms with Gasteiger partial charge < -0.3 is 10.2 Å². The summed E-state index contributed by atoms with van der Waals surface area (Å²) in [5, 5.41) is 24.6. The smallest absolute Gasteiger partial charge is 0.379 e. The highest BCUT2D eigenvalue weighted by atomic mass is 19.4. The summed E-state index contributed by atoms with van der Waals surface area (Å²) in [5.41, 5.74) is -0.778. The normalized spacial score (nSPS) is 15.6. The van der Waals surface area contributed by atoms with Crippen LogP contribution in [0.4, 0.5) is 30.2 Å². The number of non-ortho nitro benzene ring substituents is 1. The van der Waals surface area contributed by atoms with E-state index in [9.17, 15) is 38.2 Å². The molecule has 2 rings (SSSR count). The molecule has 0 saturated carbocycles. The maximum atomic E-state index is 12.4. The highest BCUT2D eigenvalue weighted by molar-refractivity contribution is 5.81. The lowest BCUT2D eigenvalue weighted by Gasteiger charge is -2.32. The first-order valence-corrected chi connectivity index (χ1v) is 7.62. The number of carbonyl (C=O) groups excluding carboxylic acids is 1. The Morgan fingerprint density at radius 3 is 2.31 bits per heavy atom. The number of hydrogen-bond donors (Lipinski definition) is 1. The van der Waals surface area contributed by atoms with Gasteiger partial charge in [0, 0.05) is 25.7 Å². The van der Waals surface area contributed by atoms with Gasteiger partial charge in [0.2, 0.25) is 0 Å². The lowest BCUT2D eigenvalue weighted by Crippen LogP contribution is -2.46. The summed E-state index contributed by atoms with van der Waals surface area (Å²) >= 11 is 0. The Balaban J connectivity index is 1.95. The minimum atomic E-state index is -4.90. The third-order valence-corrected chi connectivity index (χ3v) is 4.11. The Morgan fingerprint density at radius 2 is 1.81 bits per heavy atom. The zero-order valence-electron chi connectivity index (χ0n) is 13.4. The Bertz CT molecular complexity index is 717. The van der Waals surface area contributed by atoms with Crippen LogP contribution in [0, 0.1) is 26.1 Å². The van der Waals surface area contributed by atoms with Crippen molar-refractivity contribution >= 4 is 23.0 Å². The fraction of sp³-hybridized carbons (Fsp3) is 0.500. The van der Waals surface area contributed by atoms with Crippen LogP contribution in [0.3, 0.4) is 0 Å². The molecule has 1 N–H and O–H groups in total. The zero-order valence-corrected chi connectivity index (χ0v) is 13.4. The molecule has 1 aromatic rings. The maximum absolute atomic E-state index is 12.4. The van der Waals surface area contributed by atoms with Crippen molar-refractivity contribution in [2.24, 2.45) is 5.92 Å². The monoisotopic (exact) mass is 376 g/mol. The highest BCUT2D eigenvalue weighted by Crippen LogP contribution is 2.30. The molecular formula is C14H15F3N4O5. The van der Waals surface area contributed by atoms with Crippen molar-refractivity contribution in [1.82, 2.24) is 4.90 Å². The number of anilines is 1. The van der Waals surface area contributed by atoms with E-state index >= 15 is 0 Å². The minimum Gasteiger partial charge on any atom is -0.379 e. The lowest BCUT2D eigenvalue weighted by atomic mass is 9.96. The summed E-state index contributed by atoms with van der Waals surface area (Å²) in [7, 11) is 0. The average Bonchev–Trinajstić information content (AvgIpc) is 2.58. The second kappa shape index (κ2) is 7.54. The highest BCUT2D eigenvalue weighted by Gasteiger charge is 2.43. The van der Waals surface area contributed by atoms with Crippen LogP contribution in [-0.4, -0.2) is 46.5 Å². The van der Waals surface area contributed by atoms with Crippen molar-refractivity contribution in [2.75, 3.05) is 25.0 Å². The van der Waals surface area contributed by atoms with Crippen molar-refractivity contribution in [3.8, 4) is 0 Å². The van der Waals surface area contributed by atoms with Gasteiger partial charge in [0.05, 0.1) is 15.9 Å². The number of piperidine rings is 1. The molecule has 1 amide bonds. The van der Waals surface area contributed by atoms with E-state index in [0.717, 1.165) is 17.0 Å². The van der Waals surface area contributed by atoms with Crippen LogP contribution in [0.1, 0.15) is 12.8 Å². The standard InChI is InChI=1S/C14H15F3N4O5/c15-14(16,17)13(22)19-5-3-9(4-6-19)8-18-11-2-1-10(20(23)24)7-12(11)21(25)26/h1-2,7,9,18H,3-6,8H2. The number of halogens is 3. The summed E-state index contributed by atoms with van der Waals surface area (Å²) in [6, 6.07) is 3.19. The molecule has 0 unspecified atom stereocenters. The Morgan fingerprint density at radius 1 is 1.19 bits per heavy atom. The summed E-state index contributed by atoms with van der Waals surface area (Å²) in [6.45, 7) is 0.146. The third-order valence-electron chi connectivity index (χ3n) is 4.11. The van der Waals surface area contributed by atoms with Gasteiger partial charge in [-0.15, -0.1) is 0 Å². The van der Waals surface area contributed by atoms with E-state index in [2.05, 4.69) is 5.32 Å². The number of hydrogen-bond acceptors (Lipinski definition) is 6. The van der Waals surface area contributed by atoms with Crippen molar-refractivity contribution in [3.05, 3.63) is 38.4 Å². The van der Waals surface area contributed by atoms with Gasteiger partial charge in [-0.1, -0.05) is 0 Å². The molecule has 0 atom stereocenters. The fourth-order valence-electron chi connectivity index (χ4n) is 2.71. The molecule has 1 fully saturated rings. The molecule has 1 aliphatic rings. The number of alkyl halides is 3. The van der Waals surface area contributed by atoms with Crippen LogP contribution in [0.15, 0.2) is 18.2 Å².